The minimum atomic E-state index is -3.97. The number of para-hydroxylation sites is 1. The van der Waals surface area contributed by atoms with E-state index in [-0.39, 0.29) is 11.5 Å². The first-order chi connectivity index (χ1) is 14.5. The molecule has 0 atom stereocenters. The summed E-state index contributed by atoms with van der Waals surface area (Å²) in [4.78, 5) is -0.345. The van der Waals surface area contributed by atoms with Gasteiger partial charge in [-0.1, -0.05) is 54.1 Å². The van der Waals surface area contributed by atoms with Crippen LogP contribution in [0.4, 0.5) is 0 Å². The van der Waals surface area contributed by atoms with Gasteiger partial charge < -0.3 is 9.47 Å². The van der Waals surface area contributed by atoms with Crippen LogP contribution in [0.1, 0.15) is 11.1 Å². The summed E-state index contributed by atoms with van der Waals surface area (Å²) < 4.78 is 37.0. The normalized spacial score (nSPS) is 11.6. The van der Waals surface area contributed by atoms with Gasteiger partial charge in [-0.15, -0.1) is 0 Å². The molecule has 0 amide bonds. The molecule has 0 fully saturated rings. The number of sulfone groups is 1. The van der Waals surface area contributed by atoms with Gasteiger partial charge in [0.25, 0.3) is 0 Å². The highest BCUT2D eigenvalue weighted by Gasteiger charge is 2.21. The Morgan fingerprint density at radius 2 is 1.73 bits per heavy atom. The molecule has 0 heterocycles. The third kappa shape index (κ3) is 4.82. The van der Waals surface area contributed by atoms with E-state index in [0.29, 0.717) is 22.1 Å². The first-order valence-electron chi connectivity index (χ1n) is 8.92. The Morgan fingerprint density at radius 3 is 2.37 bits per heavy atom. The zero-order chi connectivity index (χ0) is 21.6. The van der Waals surface area contributed by atoms with Crippen LogP contribution < -0.4 is 9.47 Å². The summed E-state index contributed by atoms with van der Waals surface area (Å²) in [6.07, 6.45) is 1.29. The molecule has 0 N–H and O–H groups in total. The lowest BCUT2D eigenvalue weighted by Crippen LogP contribution is -2.04. The van der Waals surface area contributed by atoms with Gasteiger partial charge in [0.15, 0.2) is 11.5 Å². The molecule has 0 aliphatic rings. The predicted molar refractivity (Wildman–Crippen MR) is 116 cm³/mol. The van der Waals surface area contributed by atoms with Crippen molar-refractivity contribution in [3.8, 4) is 17.6 Å². The van der Waals surface area contributed by atoms with Gasteiger partial charge in [0.1, 0.15) is 17.6 Å². The number of halogens is 1. The lowest BCUT2D eigenvalue weighted by atomic mass is 10.1. The van der Waals surface area contributed by atoms with Gasteiger partial charge in [-0.05, 0) is 42.0 Å². The highest BCUT2D eigenvalue weighted by molar-refractivity contribution is 7.95. The second-order valence-electron chi connectivity index (χ2n) is 6.23. The van der Waals surface area contributed by atoms with Crippen molar-refractivity contribution in [2.45, 2.75) is 11.5 Å². The smallest absolute Gasteiger partial charge is 0.216 e. The van der Waals surface area contributed by atoms with E-state index in [2.05, 4.69) is 0 Å². The highest BCUT2D eigenvalue weighted by atomic mass is 35.5. The maximum atomic E-state index is 12.9. The van der Waals surface area contributed by atoms with Gasteiger partial charge >= 0.3 is 0 Å². The van der Waals surface area contributed by atoms with Crippen LogP contribution in [0.3, 0.4) is 0 Å². The number of nitrogens with zero attached hydrogens (tertiary/aromatic N) is 1. The third-order valence-corrected chi connectivity index (χ3v) is 6.20. The van der Waals surface area contributed by atoms with Crippen LogP contribution in [-0.4, -0.2) is 15.5 Å². The molecule has 0 bridgehead atoms. The molecule has 0 aromatic heterocycles. The first-order valence-corrected chi connectivity index (χ1v) is 10.8. The Balaban J connectivity index is 2.00. The van der Waals surface area contributed by atoms with E-state index in [1.54, 1.807) is 54.6 Å². The highest BCUT2D eigenvalue weighted by Crippen LogP contribution is 2.34. The monoisotopic (exact) mass is 439 g/mol. The van der Waals surface area contributed by atoms with Gasteiger partial charge in [-0.3, -0.25) is 0 Å². The minimum Gasteiger partial charge on any atom is -0.493 e. The molecular formula is C23H18ClNO4S. The number of hydrogen-bond acceptors (Lipinski definition) is 5. The SMILES string of the molecule is COc1cccc(/C=C(/C#N)S(=O)(=O)c2ccccc2)c1OCc1ccc(Cl)cc1. The maximum Gasteiger partial charge on any atom is 0.216 e. The van der Waals surface area contributed by atoms with Gasteiger partial charge in [0, 0.05) is 10.6 Å². The first kappa shape index (κ1) is 21.4. The number of ether oxygens (including phenoxy) is 2. The molecule has 152 valence electrons. The Labute approximate surface area is 180 Å². The molecule has 0 aliphatic carbocycles. The molecule has 0 saturated carbocycles. The summed E-state index contributed by atoms with van der Waals surface area (Å²) >= 11 is 5.91. The molecule has 0 aliphatic heterocycles. The summed E-state index contributed by atoms with van der Waals surface area (Å²) in [6, 6.07) is 21.8. The third-order valence-electron chi connectivity index (χ3n) is 4.27. The van der Waals surface area contributed by atoms with E-state index in [1.807, 2.05) is 12.1 Å². The number of allylic oxidation sites excluding steroid dienone is 1. The standard InChI is InChI=1S/C23H18ClNO4S/c1-28-22-9-5-6-18(23(22)29-16-17-10-12-19(24)13-11-17)14-21(15-25)30(26,27)20-7-3-2-4-8-20/h2-14H,16H2,1H3/b21-14-. The minimum absolute atomic E-state index is 0.0457. The number of methoxy groups -OCH3 is 1. The molecule has 30 heavy (non-hydrogen) atoms. The Bertz CT molecular complexity index is 1200. The van der Waals surface area contributed by atoms with Crippen molar-refractivity contribution < 1.29 is 17.9 Å². The van der Waals surface area contributed by atoms with Crippen LogP contribution in [0.25, 0.3) is 6.08 Å². The fourth-order valence-electron chi connectivity index (χ4n) is 2.74. The van der Waals surface area contributed by atoms with E-state index in [1.165, 1.54) is 25.3 Å². The molecule has 3 rings (SSSR count). The molecule has 0 radical (unpaired) electrons. The average Bonchev–Trinajstić information content (AvgIpc) is 2.77. The summed E-state index contributed by atoms with van der Waals surface area (Å²) in [5.74, 6) is 0.762. The van der Waals surface area contributed by atoms with Crippen molar-refractivity contribution in [3.05, 3.63) is 93.9 Å². The van der Waals surface area contributed by atoms with Crippen LogP contribution in [-0.2, 0) is 16.4 Å². The number of nitriles is 1. The van der Waals surface area contributed by atoms with Gasteiger partial charge in [0.2, 0.25) is 9.84 Å². The van der Waals surface area contributed by atoms with Crippen molar-refractivity contribution >= 4 is 27.5 Å². The Kier molecular flexibility index (Phi) is 6.78. The predicted octanol–water partition coefficient (Wildman–Crippen LogP) is 5.27. The zero-order valence-electron chi connectivity index (χ0n) is 16.1. The summed E-state index contributed by atoms with van der Waals surface area (Å²) in [5, 5.41) is 10.2. The van der Waals surface area contributed by atoms with Gasteiger partial charge in [0.05, 0.1) is 12.0 Å². The van der Waals surface area contributed by atoms with Crippen LogP contribution in [0.5, 0.6) is 11.5 Å². The number of rotatable bonds is 7. The second-order valence-corrected chi connectivity index (χ2v) is 8.59. The molecule has 0 spiro atoms. The van der Waals surface area contributed by atoms with E-state index in [9.17, 15) is 13.7 Å². The molecular weight excluding hydrogens is 422 g/mol. The number of hydrogen-bond donors (Lipinski definition) is 0. The zero-order valence-corrected chi connectivity index (χ0v) is 17.7. The van der Waals surface area contributed by atoms with Crippen molar-refractivity contribution in [1.82, 2.24) is 0 Å². The lowest BCUT2D eigenvalue weighted by molar-refractivity contribution is 0.284. The number of benzene rings is 3. The van der Waals surface area contributed by atoms with E-state index >= 15 is 0 Å². The van der Waals surface area contributed by atoms with Crippen molar-refractivity contribution in [3.63, 3.8) is 0 Å². The van der Waals surface area contributed by atoms with E-state index < -0.39 is 14.7 Å². The topological polar surface area (TPSA) is 76.4 Å². The Morgan fingerprint density at radius 1 is 1.03 bits per heavy atom. The molecule has 3 aromatic rings. The van der Waals surface area contributed by atoms with Crippen LogP contribution in [0.2, 0.25) is 5.02 Å². The molecule has 5 nitrogen and oxygen atoms in total. The summed E-state index contributed by atoms with van der Waals surface area (Å²) in [5.41, 5.74) is 1.29. The maximum absolute atomic E-state index is 12.9. The fraction of sp³-hybridized carbons (Fsp3) is 0.0870. The van der Waals surface area contributed by atoms with Crippen LogP contribution >= 0.6 is 11.6 Å². The molecule has 0 saturated heterocycles. The van der Waals surface area contributed by atoms with Gasteiger partial charge in [-0.2, -0.15) is 5.26 Å². The molecule has 3 aromatic carbocycles. The average molecular weight is 440 g/mol. The van der Waals surface area contributed by atoms with E-state index in [4.69, 9.17) is 21.1 Å². The van der Waals surface area contributed by atoms with Crippen molar-refractivity contribution in [2.75, 3.05) is 7.11 Å². The van der Waals surface area contributed by atoms with Crippen LogP contribution in [0, 0.1) is 11.3 Å². The largest absolute Gasteiger partial charge is 0.493 e. The van der Waals surface area contributed by atoms with Crippen molar-refractivity contribution in [1.29, 1.82) is 5.26 Å². The van der Waals surface area contributed by atoms with Crippen molar-refractivity contribution in [2.24, 2.45) is 0 Å². The molecule has 7 heteroatoms. The fourth-order valence-corrected chi connectivity index (χ4v) is 4.03. The van der Waals surface area contributed by atoms with Crippen LogP contribution in [0.15, 0.2) is 82.6 Å². The Hall–Kier alpha value is -3.27. The van der Waals surface area contributed by atoms with E-state index in [0.717, 1.165) is 5.56 Å². The quantitative estimate of drug-likeness (QED) is 0.469. The summed E-state index contributed by atoms with van der Waals surface area (Å²) in [7, 11) is -2.48. The summed E-state index contributed by atoms with van der Waals surface area (Å²) in [6.45, 7) is 0.214. The van der Waals surface area contributed by atoms with Gasteiger partial charge in [-0.25, -0.2) is 8.42 Å². The molecule has 0 unspecified atom stereocenters. The second kappa shape index (κ2) is 9.49. The lowest BCUT2D eigenvalue weighted by Gasteiger charge is -2.14.